The first-order chi connectivity index (χ1) is 9.19. The lowest BCUT2D eigenvalue weighted by Crippen LogP contribution is -2.10. The Hall–Kier alpha value is -1.40. The predicted octanol–water partition coefficient (Wildman–Crippen LogP) is 2.51. The minimum absolute atomic E-state index is 0.452. The molecule has 0 aliphatic rings. The smallest absolute Gasteiger partial charge is 0.262 e. The highest BCUT2D eigenvalue weighted by Gasteiger charge is 2.16. The second-order valence-electron chi connectivity index (χ2n) is 4.18. The Morgan fingerprint density at radius 1 is 1.21 bits per heavy atom. The van der Waals surface area contributed by atoms with Gasteiger partial charge in [-0.25, -0.2) is 4.98 Å². The third-order valence-corrected chi connectivity index (χ3v) is 3.79. The van der Waals surface area contributed by atoms with Gasteiger partial charge in [0.25, 0.3) is 5.22 Å². The molecule has 0 saturated heterocycles. The van der Waals surface area contributed by atoms with Crippen LogP contribution in [0.25, 0.3) is 0 Å². The van der Waals surface area contributed by atoms with Crippen LogP contribution in [-0.4, -0.2) is 15.2 Å². The van der Waals surface area contributed by atoms with Crippen LogP contribution in [0.15, 0.2) is 20.9 Å². The van der Waals surface area contributed by atoms with E-state index in [2.05, 4.69) is 29.0 Å². The number of hydrogen-bond donors (Lipinski definition) is 1. The SMILES string of the molecule is CCc1nnc(Sc2nc(C)co2)c(CN)c1CC. The highest BCUT2D eigenvalue weighted by molar-refractivity contribution is 7.99. The van der Waals surface area contributed by atoms with Gasteiger partial charge < -0.3 is 10.2 Å². The molecular weight excluding hydrogens is 260 g/mol. The summed E-state index contributed by atoms with van der Waals surface area (Å²) in [6, 6.07) is 0. The molecule has 0 bridgehead atoms. The first-order valence-corrected chi connectivity index (χ1v) is 7.18. The molecule has 2 heterocycles. The Morgan fingerprint density at radius 2 is 2.00 bits per heavy atom. The van der Waals surface area contributed by atoms with Crippen molar-refractivity contribution in [1.29, 1.82) is 0 Å². The van der Waals surface area contributed by atoms with Gasteiger partial charge in [0, 0.05) is 12.1 Å². The number of nitrogens with two attached hydrogens (primary N) is 1. The van der Waals surface area contributed by atoms with Gasteiger partial charge in [0.2, 0.25) is 0 Å². The molecule has 6 heteroatoms. The van der Waals surface area contributed by atoms with E-state index in [0.29, 0.717) is 11.8 Å². The van der Waals surface area contributed by atoms with E-state index < -0.39 is 0 Å². The molecule has 0 saturated carbocycles. The second-order valence-corrected chi connectivity index (χ2v) is 5.12. The Morgan fingerprint density at radius 3 is 2.53 bits per heavy atom. The first-order valence-electron chi connectivity index (χ1n) is 6.36. The Kier molecular flexibility index (Phi) is 4.55. The molecule has 0 fully saturated rings. The molecule has 0 aliphatic carbocycles. The molecular formula is C13H18N4OS. The van der Waals surface area contributed by atoms with Crippen LogP contribution in [0.3, 0.4) is 0 Å². The Labute approximate surface area is 117 Å². The van der Waals surface area contributed by atoms with Crippen LogP contribution in [0.4, 0.5) is 0 Å². The van der Waals surface area contributed by atoms with Crippen LogP contribution >= 0.6 is 11.8 Å². The fourth-order valence-corrected chi connectivity index (χ4v) is 2.85. The van der Waals surface area contributed by atoms with Crippen molar-refractivity contribution in [2.75, 3.05) is 0 Å². The summed E-state index contributed by atoms with van der Waals surface area (Å²) in [5.41, 5.74) is 10.0. The average molecular weight is 278 g/mol. The summed E-state index contributed by atoms with van der Waals surface area (Å²) in [4.78, 5) is 4.27. The summed E-state index contributed by atoms with van der Waals surface area (Å²) in [6.07, 6.45) is 3.40. The van der Waals surface area contributed by atoms with Crippen LogP contribution < -0.4 is 5.73 Å². The molecule has 0 atom stereocenters. The molecule has 0 spiro atoms. The van der Waals surface area contributed by atoms with Crippen molar-refractivity contribution < 1.29 is 4.42 Å². The lowest BCUT2D eigenvalue weighted by molar-refractivity contribution is 0.453. The molecule has 2 aromatic rings. The van der Waals surface area contributed by atoms with Crippen molar-refractivity contribution in [3.63, 3.8) is 0 Å². The number of hydrogen-bond acceptors (Lipinski definition) is 6. The summed E-state index contributed by atoms with van der Waals surface area (Å²) >= 11 is 1.38. The maximum Gasteiger partial charge on any atom is 0.262 e. The second kappa shape index (κ2) is 6.16. The monoisotopic (exact) mass is 278 g/mol. The molecule has 0 unspecified atom stereocenters. The van der Waals surface area contributed by atoms with Crippen molar-refractivity contribution >= 4 is 11.8 Å². The molecule has 102 valence electrons. The molecule has 0 aliphatic heterocycles. The third kappa shape index (κ3) is 2.96. The van der Waals surface area contributed by atoms with E-state index in [-0.39, 0.29) is 0 Å². The Balaban J connectivity index is 2.40. The van der Waals surface area contributed by atoms with E-state index in [4.69, 9.17) is 10.2 Å². The van der Waals surface area contributed by atoms with Gasteiger partial charge in [-0.2, -0.15) is 5.10 Å². The minimum atomic E-state index is 0.452. The zero-order chi connectivity index (χ0) is 13.8. The standard InChI is InChI=1S/C13H18N4OS/c1-4-9-10(6-14)12(17-16-11(9)5-2)19-13-15-8(3)7-18-13/h7H,4-6,14H2,1-3H3. The van der Waals surface area contributed by atoms with Crippen molar-refractivity contribution in [3.8, 4) is 0 Å². The summed E-state index contributed by atoms with van der Waals surface area (Å²) in [5.74, 6) is 0. The lowest BCUT2D eigenvalue weighted by Gasteiger charge is -2.12. The van der Waals surface area contributed by atoms with Crippen LogP contribution in [0.5, 0.6) is 0 Å². The fourth-order valence-electron chi connectivity index (χ4n) is 1.99. The van der Waals surface area contributed by atoms with Crippen molar-refractivity contribution in [1.82, 2.24) is 15.2 Å². The normalized spacial score (nSPS) is 10.9. The van der Waals surface area contributed by atoms with Gasteiger partial charge in [0.05, 0.1) is 11.4 Å². The first kappa shape index (κ1) is 14.0. The van der Waals surface area contributed by atoms with Crippen LogP contribution in [0.2, 0.25) is 0 Å². The van der Waals surface area contributed by atoms with Gasteiger partial charge in [0.1, 0.15) is 11.3 Å². The number of aromatic nitrogens is 3. The maximum absolute atomic E-state index is 5.88. The van der Waals surface area contributed by atoms with E-state index in [1.165, 1.54) is 17.3 Å². The topological polar surface area (TPSA) is 77.8 Å². The van der Waals surface area contributed by atoms with Gasteiger partial charge in [-0.05, 0) is 37.1 Å². The quantitative estimate of drug-likeness (QED) is 0.905. The van der Waals surface area contributed by atoms with E-state index in [0.717, 1.165) is 34.8 Å². The zero-order valence-corrected chi connectivity index (χ0v) is 12.3. The molecule has 0 radical (unpaired) electrons. The number of aryl methyl sites for hydroxylation is 2. The van der Waals surface area contributed by atoms with E-state index >= 15 is 0 Å². The summed E-state index contributed by atoms with van der Waals surface area (Å²) < 4.78 is 5.34. The number of nitrogens with zero attached hydrogens (tertiary/aromatic N) is 3. The lowest BCUT2D eigenvalue weighted by atomic mass is 10.0. The number of rotatable bonds is 5. The zero-order valence-electron chi connectivity index (χ0n) is 11.4. The van der Waals surface area contributed by atoms with Crippen LogP contribution in [0.1, 0.15) is 36.4 Å². The molecule has 5 nitrogen and oxygen atoms in total. The summed E-state index contributed by atoms with van der Waals surface area (Å²) in [5, 5.41) is 9.92. The average Bonchev–Trinajstić information content (AvgIpc) is 2.83. The summed E-state index contributed by atoms with van der Waals surface area (Å²) in [6.45, 7) is 6.53. The van der Waals surface area contributed by atoms with E-state index in [1.807, 2.05) is 6.92 Å². The van der Waals surface area contributed by atoms with E-state index in [9.17, 15) is 0 Å². The van der Waals surface area contributed by atoms with Gasteiger partial charge >= 0.3 is 0 Å². The van der Waals surface area contributed by atoms with Crippen molar-refractivity contribution in [2.45, 2.75) is 50.4 Å². The number of oxazole rings is 1. The van der Waals surface area contributed by atoms with Gasteiger partial charge in [-0.3, -0.25) is 0 Å². The highest BCUT2D eigenvalue weighted by atomic mass is 32.2. The maximum atomic E-state index is 5.88. The molecule has 19 heavy (non-hydrogen) atoms. The highest BCUT2D eigenvalue weighted by Crippen LogP contribution is 2.30. The van der Waals surface area contributed by atoms with Crippen molar-refractivity contribution in [2.24, 2.45) is 5.73 Å². The molecule has 2 N–H and O–H groups in total. The predicted molar refractivity (Wildman–Crippen MR) is 74.0 cm³/mol. The molecule has 0 aromatic carbocycles. The molecule has 2 rings (SSSR count). The van der Waals surface area contributed by atoms with Crippen LogP contribution in [-0.2, 0) is 19.4 Å². The summed E-state index contributed by atoms with van der Waals surface area (Å²) in [7, 11) is 0. The van der Waals surface area contributed by atoms with E-state index in [1.54, 1.807) is 6.26 Å². The molecule has 0 amide bonds. The largest absolute Gasteiger partial charge is 0.439 e. The Bertz CT molecular complexity index is 568. The van der Waals surface area contributed by atoms with Crippen molar-refractivity contribution in [3.05, 3.63) is 28.8 Å². The van der Waals surface area contributed by atoms with Gasteiger partial charge in [-0.15, -0.1) is 5.10 Å². The minimum Gasteiger partial charge on any atom is -0.439 e. The third-order valence-electron chi connectivity index (χ3n) is 2.91. The fraction of sp³-hybridized carbons (Fsp3) is 0.462. The van der Waals surface area contributed by atoms with Gasteiger partial charge in [-0.1, -0.05) is 13.8 Å². The molecule has 2 aromatic heterocycles. The van der Waals surface area contributed by atoms with Crippen LogP contribution in [0, 0.1) is 6.92 Å². The van der Waals surface area contributed by atoms with Gasteiger partial charge in [0.15, 0.2) is 0 Å².